The molecular formula is C26H32N4O2Si. The lowest BCUT2D eigenvalue weighted by Gasteiger charge is -2.16. The minimum Gasteiger partial charge on any atom is -0.438 e. The molecule has 0 amide bonds. The molecule has 0 atom stereocenters. The maximum Gasteiger partial charge on any atom is 0.228 e. The molecule has 4 aromatic rings. The second kappa shape index (κ2) is 9.45. The third-order valence-electron chi connectivity index (χ3n) is 5.78. The van der Waals surface area contributed by atoms with Crippen molar-refractivity contribution in [3.05, 3.63) is 65.7 Å². The Balaban J connectivity index is 1.53. The van der Waals surface area contributed by atoms with Crippen LogP contribution < -0.4 is 4.74 Å². The molecule has 0 saturated heterocycles. The first-order valence-electron chi connectivity index (χ1n) is 11.3. The Labute approximate surface area is 196 Å². The molecule has 6 nitrogen and oxygen atoms in total. The summed E-state index contributed by atoms with van der Waals surface area (Å²) in [5.74, 6) is 1.35. The number of hydrogen-bond acceptors (Lipinski definition) is 5. The molecule has 0 fully saturated rings. The van der Waals surface area contributed by atoms with Crippen molar-refractivity contribution in [1.82, 2.24) is 19.7 Å². The van der Waals surface area contributed by atoms with E-state index < -0.39 is 8.07 Å². The fourth-order valence-electron chi connectivity index (χ4n) is 3.93. The van der Waals surface area contributed by atoms with Crippen molar-refractivity contribution < 1.29 is 9.47 Å². The first kappa shape index (κ1) is 23.1. The lowest BCUT2D eigenvalue weighted by molar-refractivity contribution is 0.0902. The van der Waals surface area contributed by atoms with Crippen LogP contribution in [0.2, 0.25) is 25.7 Å². The summed E-state index contributed by atoms with van der Waals surface area (Å²) < 4.78 is 14.3. The van der Waals surface area contributed by atoms with Crippen LogP contribution in [-0.4, -0.2) is 34.4 Å². The highest BCUT2D eigenvalue weighted by Crippen LogP contribution is 2.33. The zero-order valence-electron chi connectivity index (χ0n) is 20.3. The van der Waals surface area contributed by atoms with Crippen molar-refractivity contribution in [3.63, 3.8) is 0 Å². The van der Waals surface area contributed by atoms with Gasteiger partial charge in [0.25, 0.3) is 0 Å². The van der Waals surface area contributed by atoms with E-state index in [4.69, 9.17) is 9.47 Å². The summed E-state index contributed by atoms with van der Waals surface area (Å²) in [5, 5.41) is 9.24. The quantitative estimate of drug-likeness (QED) is 0.221. The highest BCUT2D eigenvalue weighted by molar-refractivity contribution is 6.76. The van der Waals surface area contributed by atoms with Gasteiger partial charge in [0.15, 0.2) is 0 Å². The molecule has 1 aromatic carbocycles. The van der Waals surface area contributed by atoms with E-state index in [9.17, 15) is 0 Å². The smallest absolute Gasteiger partial charge is 0.228 e. The molecule has 0 N–H and O–H groups in total. The van der Waals surface area contributed by atoms with Crippen molar-refractivity contribution in [2.75, 3.05) is 6.61 Å². The highest BCUT2D eigenvalue weighted by atomic mass is 28.3. The van der Waals surface area contributed by atoms with Crippen LogP contribution in [0.4, 0.5) is 0 Å². The van der Waals surface area contributed by atoms with E-state index in [0.717, 1.165) is 57.3 Å². The van der Waals surface area contributed by atoms with Gasteiger partial charge in [-0.25, -0.2) is 4.98 Å². The molecule has 0 aliphatic carbocycles. The summed E-state index contributed by atoms with van der Waals surface area (Å²) in [6.45, 7) is 14.5. The first-order valence-corrected chi connectivity index (χ1v) is 15.0. The number of aryl methyl sites for hydroxylation is 3. The van der Waals surface area contributed by atoms with Crippen LogP contribution in [0.1, 0.15) is 16.8 Å². The molecule has 4 rings (SSSR count). The van der Waals surface area contributed by atoms with E-state index in [1.165, 1.54) is 0 Å². The Kier molecular flexibility index (Phi) is 6.62. The Morgan fingerprint density at radius 2 is 1.82 bits per heavy atom. The molecule has 0 aliphatic heterocycles. The third-order valence-corrected chi connectivity index (χ3v) is 7.49. The standard InChI is InChI=1S/C26H32N4O2Si/c1-18-15-21(7-8-22(18)25-19(2)16-28-29-20(25)3)32-26-23-10-12-30(24(23)9-11-27-26)17-31-13-14-33(4,5)6/h7-12,15-16H,13-14,17H2,1-6H3. The summed E-state index contributed by atoms with van der Waals surface area (Å²) in [4.78, 5) is 4.49. The molecule has 33 heavy (non-hydrogen) atoms. The summed E-state index contributed by atoms with van der Waals surface area (Å²) in [6.07, 6.45) is 5.62. The van der Waals surface area contributed by atoms with Crippen molar-refractivity contribution in [1.29, 1.82) is 0 Å². The Morgan fingerprint density at radius 3 is 2.55 bits per heavy atom. The van der Waals surface area contributed by atoms with E-state index in [0.29, 0.717) is 12.6 Å². The molecule has 0 saturated carbocycles. The number of hydrogen-bond donors (Lipinski definition) is 0. The monoisotopic (exact) mass is 460 g/mol. The maximum atomic E-state index is 6.22. The number of aromatic nitrogens is 4. The van der Waals surface area contributed by atoms with Crippen LogP contribution in [0.25, 0.3) is 22.0 Å². The van der Waals surface area contributed by atoms with Crippen LogP contribution in [0.3, 0.4) is 0 Å². The van der Waals surface area contributed by atoms with Crippen molar-refractivity contribution in [2.45, 2.75) is 53.2 Å². The van der Waals surface area contributed by atoms with Crippen molar-refractivity contribution in [3.8, 4) is 22.8 Å². The van der Waals surface area contributed by atoms with Gasteiger partial charge in [-0.05, 0) is 67.8 Å². The van der Waals surface area contributed by atoms with Gasteiger partial charge >= 0.3 is 0 Å². The Morgan fingerprint density at radius 1 is 1.00 bits per heavy atom. The molecule has 7 heteroatoms. The number of nitrogens with zero attached hydrogens (tertiary/aromatic N) is 4. The topological polar surface area (TPSA) is 62.1 Å². The highest BCUT2D eigenvalue weighted by Gasteiger charge is 2.14. The van der Waals surface area contributed by atoms with Crippen molar-refractivity contribution in [2.24, 2.45) is 0 Å². The second-order valence-electron chi connectivity index (χ2n) is 9.75. The summed E-state index contributed by atoms with van der Waals surface area (Å²) in [6, 6.07) is 11.3. The fourth-order valence-corrected chi connectivity index (χ4v) is 4.69. The van der Waals surface area contributed by atoms with Crippen LogP contribution in [-0.2, 0) is 11.5 Å². The average Bonchev–Trinajstić information content (AvgIpc) is 3.16. The van der Waals surface area contributed by atoms with Gasteiger partial charge in [-0.15, -0.1) is 0 Å². The van der Waals surface area contributed by atoms with Crippen LogP contribution in [0, 0.1) is 20.8 Å². The number of fused-ring (bicyclic) bond motifs is 1. The van der Waals surface area contributed by atoms with Gasteiger partial charge in [-0.2, -0.15) is 10.2 Å². The molecule has 0 aliphatic rings. The largest absolute Gasteiger partial charge is 0.438 e. The lowest BCUT2D eigenvalue weighted by Crippen LogP contribution is -2.21. The van der Waals surface area contributed by atoms with Gasteiger partial charge in [-0.1, -0.05) is 25.7 Å². The third kappa shape index (κ3) is 5.31. The summed E-state index contributed by atoms with van der Waals surface area (Å²) in [5.41, 5.74) is 6.47. The van der Waals surface area contributed by atoms with E-state index in [1.807, 2.05) is 37.4 Å². The molecular weight excluding hydrogens is 428 g/mol. The Bertz CT molecular complexity index is 1260. The molecule has 172 valence electrons. The minimum atomic E-state index is -1.09. The van der Waals surface area contributed by atoms with Gasteiger partial charge in [0.05, 0.1) is 22.8 Å². The van der Waals surface area contributed by atoms with Crippen LogP contribution in [0.5, 0.6) is 11.6 Å². The van der Waals surface area contributed by atoms with E-state index in [2.05, 4.69) is 59.3 Å². The molecule has 0 radical (unpaired) electrons. The fraction of sp³-hybridized carbons (Fsp3) is 0.346. The van der Waals surface area contributed by atoms with Gasteiger partial charge in [0.2, 0.25) is 5.88 Å². The maximum absolute atomic E-state index is 6.22. The SMILES string of the molecule is Cc1cc(Oc2nccc3c2ccn3COCC[Si](C)(C)C)ccc1-c1c(C)cnnc1C. The van der Waals surface area contributed by atoms with Crippen LogP contribution >= 0.6 is 0 Å². The lowest BCUT2D eigenvalue weighted by atomic mass is 9.96. The number of pyridine rings is 1. The average molecular weight is 461 g/mol. The number of benzene rings is 1. The zero-order chi connectivity index (χ0) is 23.6. The van der Waals surface area contributed by atoms with E-state index in [-0.39, 0.29) is 0 Å². The van der Waals surface area contributed by atoms with Crippen molar-refractivity contribution >= 4 is 19.0 Å². The predicted octanol–water partition coefficient (Wildman–Crippen LogP) is 6.52. The van der Waals surface area contributed by atoms with Gasteiger partial charge in [0, 0.05) is 32.6 Å². The predicted molar refractivity (Wildman–Crippen MR) is 136 cm³/mol. The van der Waals surface area contributed by atoms with E-state index in [1.54, 1.807) is 12.4 Å². The zero-order valence-corrected chi connectivity index (χ0v) is 21.3. The molecule has 3 aromatic heterocycles. The van der Waals surface area contributed by atoms with Gasteiger partial charge in [0.1, 0.15) is 12.5 Å². The molecule has 3 heterocycles. The van der Waals surface area contributed by atoms with Gasteiger partial charge in [-0.3, -0.25) is 0 Å². The van der Waals surface area contributed by atoms with Crippen LogP contribution in [0.15, 0.2) is 48.9 Å². The number of ether oxygens (including phenoxy) is 2. The first-order chi connectivity index (χ1) is 15.7. The molecule has 0 bridgehead atoms. The summed E-state index contributed by atoms with van der Waals surface area (Å²) in [7, 11) is -1.09. The van der Waals surface area contributed by atoms with E-state index >= 15 is 0 Å². The van der Waals surface area contributed by atoms with Gasteiger partial charge < -0.3 is 14.0 Å². The number of rotatable bonds is 8. The minimum absolute atomic E-state index is 0.532. The normalized spacial score (nSPS) is 11.8. The summed E-state index contributed by atoms with van der Waals surface area (Å²) >= 11 is 0. The molecule has 0 spiro atoms. The Hall–Kier alpha value is -3.03. The molecule has 0 unspecified atom stereocenters. The second-order valence-corrected chi connectivity index (χ2v) is 15.4.